The Balaban J connectivity index is 2.69. The van der Waals surface area contributed by atoms with E-state index < -0.39 is 17.4 Å². The third-order valence-electron chi connectivity index (χ3n) is 5.37. The van der Waals surface area contributed by atoms with Gasteiger partial charge in [0.15, 0.2) is 0 Å². The second-order valence-corrected chi connectivity index (χ2v) is 8.15. The van der Waals surface area contributed by atoms with E-state index in [1.54, 1.807) is 24.3 Å². The Morgan fingerprint density at radius 2 is 1.27 bits per heavy atom. The van der Waals surface area contributed by atoms with Crippen molar-refractivity contribution >= 4 is 11.9 Å². The van der Waals surface area contributed by atoms with Crippen LogP contribution in [0.3, 0.4) is 0 Å². The van der Waals surface area contributed by atoms with Crippen LogP contribution < -0.4 is 0 Å². The molecule has 0 fully saturated rings. The van der Waals surface area contributed by atoms with Crippen LogP contribution in [0.15, 0.2) is 36.4 Å². The van der Waals surface area contributed by atoms with E-state index in [1.807, 2.05) is 19.1 Å². The Hall–Kier alpha value is -2.70. The molecule has 6 heteroatoms. The fraction of sp³-hybridized carbons (Fsp3) is 0.417. The van der Waals surface area contributed by atoms with Crippen molar-refractivity contribution in [2.75, 3.05) is 14.2 Å². The highest BCUT2D eigenvalue weighted by Gasteiger charge is 2.32. The van der Waals surface area contributed by atoms with Gasteiger partial charge in [0.25, 0.3) is 0 Å². The van der Waals surface area contributed by atoms with Crippen LogP contribution in [0.25, 0.3) is 0 Å². The minimum Gasteiger partial charge on any atom is -0.478 e. The molecule has 2 aromatic carbocycles. The van der Waals surface area contributed by atoms with E-state index in [0.717, 1.165) is 17.5 Å². The average molecular weight is 414 g/mol. The maximum atomic E-state index is 11.8. The molecule has 0 saturated heterocycles. The number of rotatable bonds is 10. The monoisotopic (exact) mass is 414 g/mol. The molecule has 30 heavy (non-hydrogen) atoms. The Morgan fingerprint density at radius 3 is 1.57 bits per heavy atom. The highest BCUT2D eigenvalue weighted by atomic mass is 16.5. The first-order valence-electron chi connectivity index (χ1n) is 9.85. The molecule has 0 bridgehead atoms. The smallest absolute Gasteiger partial charge is 0.336 e. The highest BCUT2D eigenvalue weighted by molar-refractivity contribution is 5.90. The molecule has 2 aromatic rings. The summed E-state index contributed by atoms with van der Waals surface area (Å²) in [5.41, 5.74) is 2.66. The molecule has 0 aliphatic rings. The van der Waals surface area contributed by atoms with Crippen molar-refractivity contribution in [1.29, 1.82) is 0 Å². The van der Waals surface area contributed by atoms with Crippen LogP contribution in [-0.2, 0) is 28.1 Å². The van der Waals surface area contributed by atoms with Crippen LogP contribution in [0.4, 0.5) is 0 Å². The number of hydrogen-bond acceptors (Lipinski definition) is 4. The summed E-state index contributed by atoms with van der Waals surface area (Å²) < 4.78 is 10.3. The van der Waals surface area contributed by atoms with Crippen molar-refractivity contribution in [2.24, 2.45) is 5.92 Å². The van der Waals surface area contributed by atoms with Crippen molar-refractivity contribution in [3.8, 4) is 0 Å². The molecule has 0 amide bonds. The number of carboxylic acid groups (broad SMARTS) is 2. The van der Waals surface area contributed by atoms with Crippen LogP contribution in [0.2, 0.25) is 0 Å². The molecule has 0 saturated carbocycles. The molecule has 0 spiro atoms. The van der Waals surface area contributed by atoms with E-state index in [9.17, 15) is 19.8 Å². The molecule has 0 unspecified atom stereocenters. The largest absolute Gasteiger partial charge is 0.478 e. The first-order valence-corrected chi connectivity index (χ1v) is 9.85. The van der Waals surface area contributed by atoms with Crippen LogP contribution in [0, 0.1) is 5.92 Å². The molecule has 6 nitrogen and oxygen atoms in total. The van der Waals surface area contributed by atoms with Gasteiger partial charge in [0.1, 0.15) is 0 Å². The lowest BCUT2D eigenvalue weighted by Gasteiger charge is -2.34. The van der Waals surface area contributed by atoms with Gasteiger partial charge in [-0.05, 0) is 46.7 Å². The number of benzene rings is 2. The normalized spacial score (nSPS) is 11.7. The summed E-state index contributed by atoms with van der Waals surface area (Å²) in [7, 11) is 3.05. The third kappa shape index (κ3) is 5.07. The van der Waals surface area contributed by atoms with Crippen molar-refractivity contribution in [3.05, 3.63) is 69.8 Å². The van der Waals surface area contributed by atoms with Crippen molar-refractivity contribution in [2.45, 2.75) is 45.8 Å². The van der Waals surface area contributed by atoms with E-state index >= 15 is 0 Å². The minimum absolute atomic E-state index is 0.193. The van der Waals surface area contributed by atoms with Crippen LogP contribution in [0.5, 0.6) is 0 Å². The lowest BCUT2D eigenvalue weighted by atomic mass is 9.70. The van der Waals surface area contributed by atoms with Gasteiger partial charge in [0.05, 0.1) is 24.3 Å². The van der Waals surface area contributed by atoms with E-state index in [0.29, 0.717) is 17.0 Å². The molecule has 0 aromatic heterocycles. The first kappa shape index (κ1) is 23.6. The minimum atomic E-state index is -1.02. The Labute approximate surface area is 177 Å². The Morgan fingerprint density at radius 1 is 0.867 bits per heavy atom. The summed E-state index contributed by atoms with van der Waals surface area (Å²) in [6.07, 6.45) is 0.721. The second kappa shape index (κ2) is 9.87. The lowest BCUT2D eigenvalue weighted by molar-refractivity contribution is 0.0681. The zero-order valence-corrected chi connectivity index (χ0v) is 18.2. The standard InChI is InChI=1S/C24H30O6/c1-15(2)12-24(3,18-8-6-16(13-29-4)20(10-18)22(25)26)19-9-7-17(14-30-5)21(11-19)23(27)28/h6-11,15H,12-14H2,1-5H3,(H,25,26)(H,27,28). The fourth-order valence-corrected chi connectivity index (χ4v) is 4.02. The zero-order valence-electron chi connectivity index (χ0n) is 18.2. The van der Waals surface area contributed by atoms with Crippen LogP contribution >= 0.6 is 0 Å². The van der Waals surface area contributed by atoms with Crippen LogP contribution in [0.1, 0.15) is 70.2 Å². The number of ether oxygens (including phenoxy) is 2. The van der Waals surface area contributed by atoms with Gasteiger partial charge in [0.2, 0.25) is 0 Å². The second-order valence-electron chi connectivity index (χ2n) is 8.15. The van der Waals surface area contributed by atoms with Gasteiger partial charge in [0, 0.05) is 19.6 Å². The van der Waals surface area contributed by atoms with Crippen molar-refractivity contribution in [3.63, 3.8) is 0 Å². The van der Waals surface area contributed by atoms with Gasteiger partial charge < -0.3 is 19.7 Å². The maximum absolute atomic E-state index is 11.8. The molecule has 2 N–H and O–H groups in total. The quantitative estimate of drug-likeness (QED) is 0.584. The predicted molar refractivity (Wildman–Crippen MR) is 114 cm³/mol. The number of carbonyl (C=O) groups is 2. The molecule has 0 aliphatic carbocycles. The van der Waals surface area contributed by atoms with Gasteiger partial charge >= 0.3 is 11.9 Å². The van der Waals surface area contributed by atoms with E-state index in [4.69, 9.17) is 9.47 Å². The molecule has 162 valence electrons. The van der Waals surface area contributed by atoms with Gasteiger partial charge in [-0.3, -0.25) is 0 Å². The van der Waals surface area contributed by atoms with E-state index in [2.05, 4.69) is 13.8 Å². The number of carboxylic acids is 2. The fourth-order valence-electron chi connectivity index (χ4n) is 4.02. The SMILES string of the molecule is COCc1ccc(C(C)(CC(C)C)c2ccc(COC)c(C(=O)O)c2)cc1C(=O)O. The number of aromatic carboxylic acids is 2. The molecule has 0 aliphatic heterocycles. The molecular formula is C24H30O6. The molecule has 0 radical (unpaired) electrons. The summed E-state index contributed by atoms with van der Waals surface area (Å²) in [4.78, 5) is 23.7. The summed E-state index contributed by atoms with van der Waals surface area (Å²) >= 11 is 0. The van der Waals surface area contributed by atoms with Gasteiger partial charge in [-0.1, -0.05) is 45.0 Å². The number of methoxy groups -OCH3 is 2. The Bertz CT molecular complexity index is 848. The van der Waals surface area contributed by atoms with E-state index in [1.165, 1.54) is 14.2 Å². The van der Waals surface area contributed by atoms with Crippen molar-refractivity contribution < 1.29 is 29.3 Å². The molecule has 0 atom stereocenters. The molecular weight excluding hydrogens is 384 g/mol. The summed E-state index contributed by atoms with van der Waals surface area (Å²) in [6.45, 7) is 6.62. The van der Waals surface area contributed by atoms with Crippen LogP contribution in [-0.4, -0.2) is 36.4 Å². The maximum Gasteiger partial charge on any atom is 0.336 e. The zero-order chi connectivity index (χ0) is 22.5. The number of hydrogen-bond donors (Lipinski definition) is 2. The predicted octanol–water partition coefficient (Wildman–Crippen LogP) is 4.73. The summed E-state index contributed by atoms with van der Waals surface area (Å²) in [6, 6.07) is 10.7. The lowest BCUT2D eigenvalue weighted by Crippen LogP contribution is -2.27. The topological polar surface area (TPSA) is 93.1 Å². The summed E-state index contributed by atoms with van der Waals surface area (Å²) in [5, 5.41) is 19.4. The van der Waals surface area contributed by atoms with E-state index in [-0.39, 0.29) is 24.3 Å². The third-order valence-corrected chi connectivity index (χ3v) is 5.37. The average Bonchev–Trinajstić information content (AvgIpc) is 2.68. The summed E-state index contributed by atoms with van der Waals surface area (Å²) in [5.74, 6) is -1.73. The van der Waals surface area contributed by atoms with Gasteiger partial charge in [-0.15, -0.1) is 0 Å². The first-order chi connectivity index (χ1) is 14.1. The van der Waals surface area contributed by atoms with Gasteiger partial charge in [-0.2, -0.15) is 0 Å². The molecule has 0 heterocycles. The highest BCUT2D eigenvalue weighted by Crippen LogP contribution is 2.39. The molecule has 2 rings (SSSR count). The Kier molecular flexibility index (Phi) is 7.76. The van der Waals surface area contributed by atoms with Gasteiger partial charge in [-0.25, -0.2) is 9.59 Å². The van der Waals surface area contributed by atoms with Crippen molar-refractivity contribution in [1.82, 2.24) is 0 Å².